The zero-order chi connectivity index (χ0) is 25.5. The lowest BCUT2D eigenvalue weighted by atomic mass is 10.0. The van der Waals surface area contributed by atoms with E-state index in [0.717, 1.165) is 16.2 Å². The van der Waals surface area contributed by atoms with Crippen LogP contribution in [0.25, 0.3) is 22.0 Å². The smallest absolute Gasteiger partial charge is 0.419 e. The van der Waals surface area contributed by atoms with Gasteiger partial charge in [0.2, 0.25) is 0 Å². The normalized spacial score (nSPS) is 12.3. The number of aromatic nitrogens is 1. The van der Waals surface area contributed by atoms with E-state index >= 15 is 0 Å². The SMILES string of the molecule is O=C(O)CCc1cn(S(=O)(=O)c2c(-c3ccccc3)ccc(Cl)c2C(F)(F)F)c2ccc(Cl)cc12. The van der Waals surface area contributed by atoms with Crippen molar-refractivity contribution in [2.75, 3.05) is 0 Å². The van der Waals surface area contributed by atoms with Crippen molar-refractivity contribution < 1.29 is 31.5 Å². The third-order valence-electron chi connectivity index (χ3n) is 5.42. The summed E-state index contributed by atoms with van der Waals surface area (Å²) in [5.41, 5.74) is -1.04. The molecule has 3 aromatic carbocycles. The average Bonchev–Trinajstić information content (AvgIpc) is 3.15. The van der Waals surface area contributed by atoms with Crippen LogP contribution in [0.3, 0.4) is 0 Å². The first-order valence-corrected chi connectivity index (χ1v) is 12.3. The van der Waals surface area contributed by atoms with Crippen LogP contribution < -0.4 is 0 Å². The van der Waals surface area contributed by atoms with E-state index in [1.54, 1.807) is 18.2 Å². The molecule has 0 saturated carbocycles. The molecule has 1 aromatic heterocycles. The maximum absolute atomic E-state index is 14.2. The molecule has 4 aromatic rings. The number of carbonyl (C=O) groups is 1. The molecule has 0 spiro atoms. The first-order valence-electron chi connectivity index (χ1n) is 10.1. The molecule has 0 saturated heterocycles. The van der Waals surface area contributed by atoms with Gasteiger partial charge in [0.05, 0.1) is 16.1 Å². The predicted molar refractivity (Wildman–Crippen MR) is 127 cm³/mol. The molecule has 35 heavy (non-hydrogen) atoms. The summed E-state index contributed by atoms with van der Waals surface area (Å²) in [6.07, 6.45) is -4.31. The number of hydrogen-bond donors (Lipinski definition) is 1. The topological polar surface area (TPSA) is 76.4 Å². The van der Waals surface area contributed by atoms with Crippen molar-refractivity contribution in [1.29, 1.82) is 0 Å². The molecule has 11 heteroatoms. The number of carboxylic acids is 1. The molecule has 1 N–H and O–H groups in total. The first-order chi connectivity index (χ1) is 16.4. The lowest BCUT2D eigenvalue weighted by Gasteiger charge is -2.20. The Labute approximate surface area is 208 Å². The number of aliphatic carboxylic acids is 1. The van der Waals surface area contributed by atoms with Crippen LogP contribution in [0, 0.1) is 0 Å². The fraction of sp³-hybridized carbons (Fsp3) is 0.125. The maximum atomic E-state index is 14.2. The second kappa shape index (κ2) is 9.22. The maximum Gasteiger partial charge on any atom is 0.419 e. The molecule has 0 amide bonds. The van der Waals surface area contributed by atoms with Crippen LogP contribution >= 0.6 is 23.2 Å². The van der Waals surface area contributed by atoms with Crippen LogP contribution in [0.4, 0.5) is 13.2 Å². The number of fused-ring (bicyclic) bond motifs is 1. The number of rotatable bonds is 6. The van der Waals surface area contributed by atoms with Gasteiger partial charge >= 0.3 is 12.1 Å². The third-order valence-corrected chi connectivity index (χ3v) is 7.73. The van der Waals surface area contributed by atoms with E-state index in [1.165, 1.54) is 36.4 Å². The molecule has 0 unspecified atom stereocenters. The Morgan fingerprint density at radius 2 is 1.69 bits per heavy atom. The molecule has 0 aliphatic heterocycles. The molecule has 182 valence electrons. The highest BCUT2D eigenvalue weighted by atomic mass is 35.5. The lowest BCUT2D eigenvalue weighted by Crippen LogP contribution is -2.20. The lowest BCUT2D eigenvalue weighted by molar-refractivity contribution is -0.140. The van der Waals surface area contributed by atoms with E-state index in [0.29, 0.717) is 10.9 Å². The Morgan fingerprint density at radius 3 is 2.31 bits per heavy atom. The molecule has 0 radical (unpaired) electrons. The highest BCUT2D eigenvalue weighted by Gasteiger charge is 2.42. The van der Waals surface area contributed by atoms with Crippen LogP contribution in [0.1, 0.15) is 17.5 Å². The number of aryl methyl sites for hydroxylation is 1. The van der Waals surface area contributed by atoms with Crippen molar-refractivity contribution >= 4 is 50.1 Å². The van der Waals surface area contributed by atoms with Crippen molar-refractivity contribution in [2.24, 2.45) is 0 Å². The number of carboxylic acid groups (broad SMARTS) is 1. The van der Waals surface area contributed by atoms with E-state index in [1.807, 2.05) is 0 Å². The summed E-state index contributed by atoms with van der Waals surface area (Å²) in [6, 6.07) is 14.2. The summed E-state index contributed by atoms with van der Waals surface area (Å²) < 4.78 is 71.2. The van der Waals surface area contributed by atoms with E-state index < -0.39 is 37.7 Å². The summed E-state index contributed by atoms with van der Waals surface area (Å²) >= 11 is 12.0. The number of nitrogens with zero attached hydrogens (tertiary/aromatic N) is 1. The van der Waals surface area contributed by atoms with Gasteiger partial charge in [-0.25, -0.2) is 12.4 Å². The average molecular weight is 542 g/mol. The Kier molecular flexibility index (Phi) is 6.61. The van der Waals surface area contributed by atoms with Crippen molar-refractivity contribution in [2.45, 2.75) is 23.9 Å². The van der Waals surface area contributed by atoms with Crippen LogP contribution in [-0.2, 0) is 27.4 Å². The van der Waals surface area contributed by atoms with Gasteiger partial charge in [-0.1, -0.05) is 59.6 Å². The highest BCUT2D eigenvalue weighted by Crippen LogP contribution is 2.45. The quantitative estimate of drug-likeness (QED) is 0.288. The molecule has 1 heterocycles. The largest absolute Gasteiger partial charge is 0.481 e. The van der Waals surface area contributed by atoms with Crippen LogP contribution in [0.15, 0.2) is 71.8 Å². The van der Waals surface area contributed by atoms with Gasteiger partial charge in [0.1, 0.15) is 4.90 Å². The first kappa shape index (κ1) is 25.1. The minimum absolute atomic E-state index is 0.0537. The van der Waals surface area contributed by atoms with Crippen molar-refractivity contribution in [1.82, 2.24) is 3.97 Å². The van der Waals surface area contributed by atoms with E-state index in [-0.39, 0.29) is 34.5 Å². The van der Waals surface area contributed by atoms with Crippen molar-refractivity contribution in [3.63, 3.8) is 0 Å². The third kappa shape index (κ3) is 4.76. The van der Waals surface area contributed by atoms with Gasteiger partial charge in [-0.3, -0.25) is 4.79 Å². The molecule has 4 rings (SSSR count). The zero-order valence-electron chi connectivity index (χ0n) is 17.7. The van der Waals surface area contributed by atoms with Crippen molar-refractivity contribution in [3.8, 4) is 11.1 Å². The minimum Gasteiger partial charge on any atom is -0.481 e. The summed E-state index contributed by atoms with van der Waals surface area (Å²) in [6.45, 7) is 0. The summed E-state index contributed by atoms with van der Waals surface area (Å²) in [7, 11) is -4.89. The minimum atomic E-state index is -5.08. The van der Waals surface area contributed by atoms with E-state index in [4.69, 9.17) is 28.3 Å². The predicted octanol–water partition coefficient (Wildman–Crippen LogP) is 6.89. The standard InChI is InChI=1S/C24H16Cl2F3NO4S/c25-16-7-10-20-18(12-16)15(6-11-21(31)32)13-30(20)35(33,34)23-17(14-4-2-1-3-5-14)8-9-19(26)22(23)24(27,28)29/h1-5,7-10,12-13H,6,11H2,(H,31,32). The molecule has 0 aliphatic carbocycles. The van der Waals surface area contributed by atoms with Gasteiger partial charge in [0, 0.05) is 28.6 Å². The molecule has 0 atom stereocenters. The van der Waals surface area contributed by atoms with Crippen LogP contribution in [-0.4, -0.2) is 23.5 Å². The number of hydrogen-bond acceptors (Lipinski definition) is 3. The second-order valence-corrected chi connectivity index (χ2v) is 10.3. The van der Waals surface area contributed by atoms with E-state index in [9.17, 15) is 26.4 Å². The second-order valence-electron chi connectivity index (χ2n) is 7.67. The summed E-state index contributed by atoms with van der Waals surface area (Å²) in [5, 5.41) is 8.89. The van der Waals surface area contributed by atoms with E-state index in [2.05, 4.69) is 0 Å². The molecule has 0 aliphatic rings. The van der Waals surface area contributed by atoms with Gasteiger partial charge in [-0.15, -0.1) is 0 Å². The summed E-state index contributed by atoms with van der Waals surface area (Å²) in [5.74, 6) is -1.11. The molecular weight excluding hydrogens is 526 g/mol. The van der Waals surface area contributed by atoms with Gasteiger partial charge in [0.25, 0.3) is 10.0 Å². The molecule has 0 bridgehead atoms. The van der Waals surface area contributed by atoms with Gasteiger partial charge in [-0.2, -0.15) is 13.2 Å². The fourth-order valence-corrected chi connectivity index (χ4v) is 6.23. The van der Waals surface area contributed by atoms with Gasteiger partial charge < -0.3 is 5.11 Å². The van der Waals surface area contributed by atoms with Gasteiger partial charge in [-0.05, 0) is 41.8 Å². The Bertz CT molecular complexity index is 1550. The number of halogens is 5. The van der Waals surface area contributed by atoms with Crippen LogP contribution in [0.5, 0.6) is 0 Å². The van der Waals surface area contributed by atoms with Crippen LogP contribution in [0.2, 0.25) is 10.0 Å². The highest BCUT2D eigenvalue weighted by molar-refractivity contribution is 7.90. The number of benzene rings is 3. The Balaban J connectivity index is 2.08. The number of alkyl halides is 3. The summed E-state index contributed by atoms with van der Waals surface area (Å²) in [4.78, 5) is 10.1. The molecular formula is C24H16Cl2F3NO4S. The zero-order valence-corrected chi connectivity index (χ0v) is 20.0. The molecule has 0 fully saturated rings. The van der Waals surface area contributed by atoms with Crippen molar-refractivity contribution in [3.05, 3.63) is 88.0 Å². The van der Waals surface area contributed by atoms with Gasteiger partial charge in [0.15, 0.2) is 0 Å². The Morgan fingerprint density at radius 1 is 1.00 bits per heavy atom. The monoisotopic (exact) mass is 541 g/mol. The fourth-order valence-electron chi connectivity index (χ4n) is 3.91. The molecule has 5 nitrogen and oxygen atoms in total. The Hall–Kier alpha value is -3.01.